The lowest BCUT2D eigenvalue weighted by Crippen LogP contribution is -2.48. The van der Waals surface area contributed by atoms with Crippen molar-refractivity contribution < 1.29 is 13.2 Å². The number of nitrogens with one attached hydrogen (secondary N) is 1. The number of amides is 1. The Hall–Kier alpha value is -0.700. The fraction of sp³-hybridized carbons (Fsp3) is 0.875. The Morgan fingerprint density at radius 2 is 1.88 bits per heavy atom. The molecule has 0 saturated carbocycles. The van der Waals surface area contributed by atoms with Crippen LogP contribution in [0.5, 0.6) is 0 Å². The highest BCUT2D eigenvalue weighted by atomic mass is 32.2. The number of hydrazine groups is 1. The first kappa shape index (κ1) is 13.4. The summed E-state index contributed by atoms with van der Waals surface area (Å²) < 4.78 is 25.0. The first-order valence-corrected chi connectivity index (χ1v) is 6.72. The third kappa shape index (κ3) is 3.71. The molecule has 3 N–H and O–H groups in total. The third-order valence-electron chi connectivity index (χ3n) is 2.60. The van der Waals surface area contributed by atoms with E-state index in [1.54, 1.807) is 0 Å². The fourth-order valence-electron chi connectivity index (χ4n) is 1.49. The second kappa shape index (κ2) is 5.58. The molecule has 0 spiro atoms. The molecule has 0 aliphatic carbocycles. The molecule has 0 aromatic carbocycles. The van der Waals surface area contributed by atoms with E-state index in [-0.39, 0.29) is 12.2 Å². The highest BCUT2D eigenvalue weighted by molar-refractivity contribution is 7.89. The molecule has 0 aromatic rings. The summed E-state index contributed by atoms with van der Waals surface area (Å²) >= 11 is 0. The summed E-state index contributed by atoms with van der Waals surface area (Å²) in [5.41, 5.74) is 1.92. The quantitative estimate of drug-likeness (QED) is 0.340. The van der Waals surface area contributed by atoms with E-state index in [9.17, 15) is 13.2 Å². The zero-order chi connectivity index (χ0) is 12.2. The minimum Gasteiger partial charge on any atom is -0.304 e. The van der Waals surface area contributed by atoms with E-state index in [0.29, 0.717) is 13.1 Å². The Kier molecular flexibility index (Phi) is 4.66. The smallest absolute Gasteiger partial charge is 0.234 e. The third-order valence-corrected chi connectivity index (χ3v) is 4.48. The molecule has 8 heteroatoms. The van der Waals surface area contributed by atoms with Crippen LogP contribution in [0.25, 0.3) is 0 Å². The van der Waals surface area contributed by atoms with Crippen molar-refractivity contribution in [3.8, 4) is 0 Å². The molecule has 7 nitrogen and oxygen atoms in total. The van der Waals surface area contributed by atoms with E-state index in [2.05, 4.69) is 4.90 Å². The molecule has 0 atom stereocenters. The van der Waals surface area contributed by atoms with Crippen LogP contribution in [0, 0.1) is 0 Å². The minimum absolute atomic E-state index is 0.0921. The molecule has 1 heterocycles. The summed E-state index contributed by atoms with van der Waals surface area (Å²) in [6.45, 7) is 2.43. The van der Waals surface area contributed by atoms with Crippen LogP contribution in [0.15, 0.2) is 0 Å². The van der Waals surface area contributed by atoms with Crippen molar-refractivity contribution >= 4 is 15.9 Å². The van der Waals surface area contributed by atoms with Gasteiger partial charge in [0.1, 0.15) is 0 Å². The van der Waals surface area contributed by atoms with Crippen LogP contribution in [-0.2, 0) is 14.8 Å². The van der Waals surface area contributed by atoms with Gasteiger partial charge in [0.15, 0.2) is 0 Å². The fourth-order valence-corrected chi connectivity index (χ4v) is 2.91. The van der Waals surface area contributed by atoms with E-state index in [1.807, 2.05) is 12.5 Å². The maximum absolute atomic E-state index is 11.8. The van der Waals surface area contributed by atoms with Crippen LogP contribution < -0.4 is 11.3 Å². The van der Waals surface area contributed by atoms with Gasteiger partial charge in [-0.3, -0.25) is 10.2 Å². The number of carbonyl (C=O) groups excluding carboxylic acids is 1. The Morgan fingerprint density at radius 3 is 2.38 bits per heavy atom. The van der Waals surface area contributed by atoms with E-state index in [0.717, 1.165) is 13.1 Å². The first-order chi connectivity index (χ1) is 7.45. The van der Waals surface area contributed by atoms with Crippen LogP contribution in [-0.4, -0.2) is 62.5 Å². The van der Waals surface area contributed by atoms with Gasteiger partial charge in [0.25, 0.3) is 0 Å². The van der Waals surface area contributed by atoms with E-state index >= 15 is 0 Å². The summed E-state index contributed by atoms with van der Waals surface area (Å²) in [5.74, 6) is 4.24. The van der Waals surface area contributed by atoms with E-state index in [1.165, 1.54) is 4.31 Å². The monoisotopic (exact) mass is 250 g/mol. The number of hydrogen-bond donors (Lipinski definition) is 2. The number of hydrogen-bond acceptors (Lipinski definition) is 5. The Labute approximate surface area is 95.6 Å². The Morgan fingerprint density at radius 1 is 1.31 bits per heavy atom. The van der Waals surface area contributed by atoms with Gasteiger partial charge in [-0.1, -0.05) is 0 Å². The summed E-state index contributed by atoms with van der Waals surface area (Å²) in [4.78, 5) is 12.9. The van der Waals surface area contributed by atoms with E-state index in [4.69, 9.17) is 5.84 Å². The second-order valence-electron chi connectivity index (χ2n) is 3.84. The number of likely N-dealkylation sites (N-methyl/N-ethyl adjacent to an activating group) is 1. The van der Waals surface area contributed by atoms with E-state index < -0.39 is 15.9 Å². The van der Waals surface area contributed by atoms with Crippen molar-refractivity contribution in [2.24, 2.45) is 5.84 Å². The summed E-state index contributed by atoms with van der Waals surface area (Å²) in [5, 5.41) is 0. The van der Waals surface area contributed by atoms with Gasteiger partial charge in [0.05, 0.1) is 5.75 Å². The predicted molar refractivity (Wildman–Crippen MR) is 59.8 cm³/mol. The summed E-state index contributed by atoms with van der Waals surface area (Å²) in [7, 11) is -1.37. The van der Waals surface area contributed by atoms with Gasteiger partial charge in [-0.25, -0.2) is 14.3 Å². The van der Waals surface area contributed by atoms with Gasteiger partial charge < -0.3 is 4.90 Å². The standard InChI is InChI=1S/C8H18N4O3S/c1-11-3-5-12(6-4-11)16(14,15)7-2-8(13)10-9/h2-7,9H2,1H3,(H,10,13). The SMILES string of the molecule is CN1CCN(S(=O)(=O)CCC(=O)NN)CC1. The van der Waals surface area contributed by atoms with Crippen LogP contribution in [0.1, 0.15) is 6.42 Å². The van der Waals surface area contributed by atoms with Crippen molar-refractivity contribution in [2.45, 2.75) is 6.42 Å². The number of rotatable bonds is 4. The lowest BCUT2D eigenvalue weighted by molar-refractivity contribution is -0.120. The Balaban J connectivity index is 2.47. The molecule has 0 radical (unpaired) electrons. The van der Waals surface area contributed by atoms with Crippen molar-refractivity contribution in [3.05, 3.63) is 0 Å². The van der Waals surface area contributed by atoms with Gasteiger partial charge in [-0.05, 0) is 7.05 Å². The maximum Gasteiger partial charge on any atom is 0.234 e. The summed E-state index contributed by atoms with van der Waals surface area (Å²) in [6.07, 6.45) is -0.0921. The lowest BCUT2D eigenvalue weighted by Gasteiger charge is -2.31. The molecule has 1 saturated heterocycles. The molecule has 1 amide bonds. The van der Waals surface area contributed by atoms with Crippen molar-refractivity contribution in [2.75, 3.05) is 39.0 Å². The van der Waals surface area contributed by atoms with Gasteiger partial charge in [0.2, 0.25) is 15.9 Å². The molecule has 16 heavy (non-hydrogen) atoms. The molecule has 0 unspecified atom stereocenters. The van der Waals surface area contributed by atoms with Crippen LogP contribution in [0.2, 0.25) is 0 Å². The van der Waals surface area contributed by atoms with Crippen molar-refractivity contribution in [3.63, 3.8) is 0 Å². The molecule has 0 bridgehead atoms. The molecule has 1 aliphatic rings. The zero-order valence-corrected chi connectivity index (χ0v) is 10.2. The predicted octanol–water partition coefficient (Wildman–Crippen LogP) is -2.06. The molecule has 94 valence electrons. The second-order valence-corrected chi connectivity index (χ2v) is 5.92. The van der Waals surface area contributed by atoms with Crippen LogP contribution in [0.4, 0.5) is 0 Å². The van der Waals surface area contributed by atoms with Gasteiger partial charge in [0, 0.05) is 32.6 Å². The lowest BCUT2D eigenvalue weighted by atomic mass is 10.4. The number of nitrogens with zero attached hydrogens (tertiary/aromatic N) is 2. The normalized spacial score (nSPS) is 19.6. The number of carbonyl (C=O) groups is 1. The summed E-state index contributed by atoms with van der Waals surface area (Å²) in [6, 6.07) is 0. The van der Waals surface area contributed by atoms with Gasteiger partial charge >= 0.3 is 0 Å². The molecular formula is C8H18N4O3S. The van der Waals surface area contributed by atoms with Crippen molar-refractivity contribution in [1.82, 2.24) is 14.6 Å². The highest BCUT2D eigenvalue weighted by Crippen LogP contribution is 2.07. The highest BCUT2D eigenvalue weighted by Gasteiger charge is 2.25. The number of piperazine rings is 1. The molecule has 1 aliphatic heterocycles. The average Bonchev–Trinajstić information content (AvgIpc) is 2.26. The minimum atomic E-state index is -3.32. The Bertz CT molecular complexity index is 335. The van der Waals surface area contributed by atoms with Crippen molar-refractivity contribution in [1.29, 1.82) is 0 Å². The average molecular weight is 250 g/mol. The first-order valence-electron chi connectivity index (χ1n) is 5.11. The van der Waals surface area contributed by atoms with Gasteiger partial charge in [-0.2, -0.15) is 4.31 Å². The molecule has 1 fully saturated rings. The maximum atomic E-state index is 11.8. The topological polar surface area (TPSA) is 95.7 Å². The zero-order valence-electron chi connectivity index (χ0n) is 9.35. The van der Waals surface area contributed by atoms with Gasteiger partial charge in [-0.15, -0.1) is 0 Å². The number of nitrogens with two attached hydrogens (primary N) is 1. The van der Waals surface area contributed by atoms with Crippen LogP contribution in [0.3, 0.4) is 0 Å². The largest absolute Gasteiger partial charge is 0.304 e. The van der Waals surface area contributed by atoms with Crippen LogP contribution >= 0.6 is 0 Å². The molecule has 1 rings (SSSR count). The molecular weight excluding hydrogens is 232 g/mol. The number of sulfonamides is 1. The molecule has 0 aromatic heterocycles.